The minimum absolute atomic E-state index is 0.211. The van der Waals surface area contributed by atoms with E-state index in [1.165, 1.54) is 18.3 Å². The minimum Gasteiger partial charge on any atom is -0.487 e. The molecule has 1 atom stereocenters. The molecule has 1 amide bonds. The first-order valence-electron chi connectivity index (χ1n) is 7.42. The molecule has 4 N–H and O–H groups in total. The first-order chi connectivity index (χ1) is 10.8. The number of carbonyl (C=O) groups is 1. The average Bonchev–Trinajstić information content (AvgIpc) is 2.48. The number of rotatable bonds is 2. The van der Waals surface area contributed by atoms with E-state index >= 15 is 0 Å². The van der Waals surface area contributed by atoms with Crippen LogP contribution in [-0.2, 0) is 0 Å². The molecule has 0 spiro atoms. The van der Waals surface area contributed by atoms with Gasteiger partial charge in [-0.3, -0.25) is 9.59 Å². The fraction of sp³-hybridized carbons (Fsp3) is 0.294. The number of hydrogen-bond donors (Lipinski definition) is 3. The van der Waals surface area contributed by atoms with Gasteiger partial charge in [0.05, 0.1) is 11.6 Å². The largest absolute Gasteiger partial charge is 0.487 e. The number of ether oxygens (including phenoxy) is 1. The molecule has 6 heteroatoms. The number of hydrogen-bond acceptors (Lipinski definition) is 4. The monoisotopic (exact) mass is 313 g/mol. The number of anilines is 1. The van der Waals surface area contributed by atoms with E-state index < -0.39 is 5.60 Å². The SMILES string of the molecule is CC1(C)CC(NC(=O)c2ccc(=O)[nH]c2)c2cc(N)ccc2O1. The van der Waals surface area contributed by atoms with Gasteiger partial charge in [-0.2, -0.15) is 0 Å². The van der Waals surface area contributed by atoms with Crippen LogP contribution in [-0.4, -0.2) is 16.5 Å². The average molecular weight is 313 g/mol. The third kappa shape index (κ3) is 3.21. The molecule has 1 aromatic heterocycles. The Morgan fingerprint density at radius 2 is 2.13 bits per heavy atom. The van der Waals surface area contributed by atoms with Crippen LogP contribution in [0, 0.1) is 0 Å². The van der Waals surface area contributed by atoms with Gasteiger partial charge in [-0.1, -0.05) is 0 Å². The molecular formula is C17H19N3O3. The Morgan fingerprint density at radius 1 is 1.35 bits per heavy atom. The van der Waals surface area contributed by atoms with Gasteiger partial charge in [0.25, 0.3) is 5.91 Å². The predicted molar refractivity (Wildman–Crippen MR) is 87.4 cm³/mol. The van der Waals surface area contributed by atoms with Gasteiger partial charge in [-0.25, -0.2) is 0 Å². The molecule has 1 unspecified atom stereocenters. The van der Waals surface area contributed by atoms with E-state index in [9.17, 15) is 9.59 Å². The van der Waals surface area contributed by atoms with E-state index in [1.807, 2.05) is 26.0 Å². The summed E-state index contributed by atoms with van der Waals surface area (Å²) in [7, 11) is 0. The summed E-state index contributed by atoms with van der Waals surface area (Å²) in [6.45, 7) is 3.96. The maximum absolute atomic E-state index is 12.4. The number of pyridine rings is 1. The predicted octanol–water partition coefficient (Wildman–Crippen LogP) is 1.99. The van der Waals surface area contributed by atoms with Crippen LogP contribution in [0.5, 0.6) is 5.75 Å². The van der Waals surface area contributed by atoms with Gasteiger partial charge in [0.1, 0.15) is 11.4 Å². The van der Waals surface area contributed by atoms with Gasteiger partial charge in [0.2, 0.25) is 5.56 Å². The molecule has 0 saturated heterocycles. The third-order valence-corrected chi connectivity index (χ3v) is 3.84. The van der Waals surface area contributed by atoms with Gasteiger partial charge >= 0.3 is 0 Å². The van der Waals surface area contributed by atoms with Crippen LogP contribution in [0.1, 0.15) is 42.2 Å². The number of H-pyrrole nitrogens is 1. The van der Waals surface area contributed by atoms with Crippen molar-refractivity contribution in [1.82, 2.24) is 10.3 Å². The number of nitrogen functional groups attached to an aromatic ring is 1. The number of fused-ring (bicyclic) bond motifs is 1. The van der Waals surface area contributed by atoms with Crippen molar-refractivity contribution >= 4 is 11.6 Å². The Bertz CT molecular complexity index is 790. The van der Waals surface area contributed by atoms with Gasteiger partial charge in [0.15, 0.2) is 0 Å². The van der Waals surface area contributed by atoms with Crippen LogP contribution in [0.15, 0.2) is 41.3 Å². The van der Waals surface area contributed by atoms with E-state index in [2.05, 4.69) is 10.3 Å². The summed E-state index contributed by atoms with van der Waals surface area (Å²) in [5.74, 6) is 0.472. The van der Waals surface area contributed by atoms with Gasteiger partial charge in [0, 0.05) is 29.9 Å². The lowest BCUT2D eigenvalue weighted by atomic mass is 9.89. The minimum atomic E-state index is -0.397. The molecule has 3 rings (SSSR count). The van der Waals surface area contributed by atoms with Crippen LogP contribution >= 0.6 is 0 Å². The maximum atomic E-state index is 12.4. The molecule has 23 heavy (non-hydrogen) atoms. The van der Waals surface area contributed by atoms with Crippen molar-refractivity contribution in [3.8, 4) is 5.75 Å². The number of aromatic nitrogens is 1. The van der Waals surface area contributed by atoms with E-state index in [-0.39, 0.29) is 17.5 Å². The number of nitrogens with one attached hydrogen (secondary N) is 2. The first-order valence-corrected chi connectivity index (χ1v) is 7.42. The summed E-state index contributed by atoms with van der Waals surface area (Å²) in [4.78, 5) is 26.0. The zero-order valence-electron chi connectivity index (χ0n) is 13.1. The second-order valence-corrected chi connectivity index (χ2v) is 6.33. The molecule has 0 aliphatic carbocycles. The third-order valence-electron chi connectivity index (χ3n) is 3.84. The molecule has 2 aromatic rings. The fourth-order valence-corrected chi connectivity index (χ4v) is 2.80. The zero-order valence-corrected chi connectivity index (χ0v) is 13.1. The Kier molecular flexibility index (Phi) is 3.60. The second kappa shape index (κ2) is 5.46. The lowest BCUT2D eigenvalue weighted by Gasteiger charge is -2.38. The van der Waals surface area contributed by atoms with Crippen molar-refractivity contribution < 1.29 is 9.53 Å². The zero-order chi connectivity index (χ0) is 16.6. The summed E-state index contributed by atoms with van der Waals surface area (Å²) >= 11 is 0. The van der Waals surface area contributed by atoms with E-state index in [0.29, 0.717) is 17.7 Å². The summed E-state index contributed by atoms with van der Waals surface area (Å²) < 4.78 is 5.95. The highest BCUT2D eigenvalue weighted by Gasteiger charge is 2.34. The molecule has 0 radical (unpaired) electrons. The van der Waals surface area contributed by atoms with Crippen molar-refractivity contribution in [3.05, 3.63) is 58.0 Å². The molecule has 1 aromatic carbocycles. The summed E-state index contributed by atoms with van der Waals surface area (Å²) in [5.41, 5.74) is 7.11. The molecule has 6 nitrogen and oxygen atoms in total. The molecule has 0 bridgehead atoms. The summed E-state index contributed by atoms with van der Waals surface area (Å²) in [6.07, 6.45) is 2.03. The fourth-order valence-electron chi connectivity index (χ4n) is 2.80. The van der Waals surface area contributed by atoms with E-state index in [0.717, 1.165) is 11.3 Å². The highest BCUT2D eigenvalue weighted by molar-refractivity contribution is 5.94. The Labute approximate surface area is 133 Å². The number of benzene rings is 1. The van der Waals surface area contributed by atoms with Crippen molar-refractivity contribution in [2.45, 2.75) is 31.9 Å². The standard InChI is InChI=1S/C17H19N3O3/c1-17(2)8-13(12-7-11(18)4-5-14(12)23-17)20-16(22)10-3-6-15(21)19-9-10/h3-7,9,13H,8,18H2,1-2H3,(H,19,21)(H,20,22). The molecule has 0 saturated carbocycles. The van der Waals surface area contributed by atoms with E-state index in [4.69, 9.17) is 10.5 Å². The van der Waals surface area contributed by atoms with Gasteiger partial charge in [-0.15, -0.1) is 0 Å². The van der Waals surface area contributed by atoms with Crippen LogP contribution in [0.2, 0.25) is 0 Å². The topological polar surface area (TPSA) is 97.2 Å². The first kappa shape index (κ1) is 15.1. The molecule has 2 heterocycles. The Balaban J connectivity index is 1.90. The number of amides is 1. The van der Waals surface area contributed by atoms with Gasteiger partial charge in [-0.05, 0) is 38.1 Å². The highest BCUT2D eigenvalue weighted by Crippen LogP contribution is 2.40. The van der Waals surface area contributed by atoms with Crippen LogP contribution in [0.25, 0.3) is 0 Å². The van der Waals surface area contributed by atoms with Crippen molar-refractivity contribution in [2.24, 2.45) is 0 Å². The van der Waals surface area contributed by atoms with Crippen LogP contribution < -0.4 is 21.3 Å². The van der Waals surface area contributed by atoms with Gasteiger partial charge < -0.3 is 20.8 Å². The number of nitrogens with two attached hydrogens (primary N) is 1. The van der Waals surface area contributed by atoms with Crippen LogP contribution in [0.4, 0.5) is 5.69 Å². The lowest BCUT2D eigenvalue weighted by Crippen LogP contribution is -2.41. The quantitative estimate of drug-likeness (QED) is 0.739. The van der Waals surface area contributed by atoms with Crippen molar-refractivity contribution in [2.75, 3.05) is 5.73 Å². The smallest absolute Gasteiger partial charge is 0.253 e. The van der Waals surface area contributed by atoms with Crippen molar-refractivity contribution in [1.29, 1.82) is 0 Å². The highest BCUT2D eigenvalue weighted by atomic mass is 16.5. The molecular weight excluding hydrogens is 294 g/mol. The summed E-state index contributed by atoms with van der Waals surface area (Å²) in [6, 6.07) is 8.04. The normalized spacial score (nSPS) is 18.6. The Morgan fingerprint density at radius 3 is 2.83 bits per heavy atom. The molecule has 0 fully saturated rings. The lowest BCUT2D eigenvalue weighted by molar-refractivity contribution is 0.0620. The number of aromatic amines is 1. The van der Waals surface area contributed by atoms with E-state index in [1.54, 1.807) is 6.07 Å². The molecule has 1 aliphatic rings. The summed E-state index contributed by atoms with van der Waals surface area (Å²) in [5, 5.41) is 3.00. The Hall–Kier alpha value is -2.76. The molecule has 120 valence electrons. The number of carbonyl (C=O) groups excluding carboxylic acids is 1. The maximum Gasteiger partial charge on any atom is 0.253 e. The second-order valence-electron chi connectivity index (χ2n) is 6.33. The molecule has 1 aliphatic heterocycles. The van der Waals surface area contributed by atoms with Crippen LogP contribution in [0.3, 0.4) is 0 Å². The van der Waals surface area contributed by atoms with Crippen molar-refractivity contribution in [3.63, 3.8) is 0 Å².